The van der Waals surface area contributed by atoms with E-state index < -0.39 is 17.6 Å². The molecule has 1 heterocycles. The molecule has 6 nitrogen and oxygen atoms in total. The summed E-state index contributed by atoms with van der Waals surface area (Å²) in [4.78, 5) is 29.8. The van der Waals surface area contributed by atoms with Crippen LogP contribution in [0.4, 0.5) is 10.1 Å². The van der Waals surface area contributed by atoms with Crippen molar-refractivity contribution in [2.24, 2.45) is 0 Å². The van der Waals surface area contributed by atoms with Crippen LogP contribution in [-0.4, -0.2) is 57.2 Å². The van der Waals surface area contributed by atoms with Crippen LogP contribution in [0.3, 0.4) is 0 Å². The molecule has 3 rings (SSSR count). The number of carbonyl (C=O) groups excluding carboxylic acids is 2. The van der Waals surface area contributed by atoms with E-state index in [0.717, 1.165) is 16.0 Å². The molecule has 7 heteroatoms. The third kappa shape index (κ3) is 4.52. The van der Waals surface area contributed by atoms with Crippen molar-refractivity contribution in [3.05, 3.63) is 70.7 Å². The average molecular weight is 426 g/mol. The number of amides is 2. The maximum atomic E-state index is 14.6. The Labute approximate surface area is 181 Å². The lowest BCUT2D eigenvalue weighted by Gasteiger charge is -2.26. The van der Waals surface area contributed by atoms with Crippen LogP contribution in [0.15, 0.2) is 48.2 Å². The van der Waals surface area contributed by atoms with E-state index in [0.29, 0.717) is 31.9 Å². The Morgan fingerprint density at radius 1 is 0.935 bits per heavy atom. The highest BCUT2D eigenvalue weighted by Crippen LogP contribution is 2.37. The number of ether oxygens (including phenoxy) is 2. The number of methoxy groups -OCH3 is 2. The van der Waals surface area contributed by atoms with Gasteiger partial charge in [0.2, 0.25) is 0 Å². The van der Waals surface area contributed by atoms with Gasteiger partial charge in [0.25, 0.3) is 11.8 Å². The zero-order valence-electron chi connectivity index (χ0n) is 18.3. The molecular formula is C24H27FN2O4. The number of imide groups is 1. The minimum Gasteiger partial charge on any atom is -0.383 e. The maximum Gasteiger partial charge on any atom is 0.282 e. The zero-order valence-corrected chi connectivity index (χ0v) is 18.3. The number of carbonyl (C=O) groups is 2. The SMILES string of the molecule is COCCN(CCOC)C1=C(c2ccc(C)cc2C)C(=O)N(c2ccccc2F)C1=O. The summed E-state index contributed by atoms with van der Waals surface area (Å²) in [6.07, 6.45) is 0. The molecule has 31 heavy (non-hydrogen) atoms. The summed E-state index contributed by atoms with van der Waals surface area (Å²) in [6.45, 7) is 5.33. The number of hydrogen-bond donors (Lipinski definition) is 0. The van der Waals surface area contributed by atoms with Gasteiger partial charge in [-0.25, -0.2) is 9.29 Å². The van der Waals surface area contributed by atoms with E-state index in [1.807, 2.05) is 32.0 Å². The van der Waals surface area contributed by atoms with E-state index in [9.17, 15) is 14.0 Å². The van der Waals surface area contributed by atoms with Crippen LogP contribution in [0.1, 0.15) is 16.7 Å². The van der Waals surface area contributed by atoms with Crippen molar-refractivity contribution >= 4 is 23.1 Å². The smallest absolute Gasteiger partial charge is 0.282 e. The molecule has 164 valence electrons. The van der Waals surface area contributed by atoms with Crippen LogP contribution in [0.25, 0.3) is 5.57 Å². The number of rotatable bonds is 9. The number of halogens is 1. The topological polar surface area (TPSA) is 59.1 Å². The van der Waals surface area contributed by atoms with E-state index in [-0.39, 0.29) is 17.0 Å². The van der Waals surface area contributed by atoms with Crippen LogP contribution in [0.5, 0.6) is 0 Å². The lowest BCUT2D eigenvalue weighted by Crippen LogP contribution is -2.38. The fourth-order valence-corrected chi connectivity index (χ4v) is 3.74. The molecule has 2 amide bonds. The van der Waals surface area contributed by atoms with Crippen molar-refractivity contribution in [3.8, 4) is 0 Å². The number of para-hydroxylation sites is 1. The number of nitrogens with zero attached hydrogens (tertiary/aromatic N) is 2. The highest BCUT2D eigenvalue weighted by atomic mass is 19.1. The molecule has 0 saturated carbocycles. The van der Waals surface area contributed by atoms with Gasteiger partial charge in [0.1, 0.15) is 11.5 Å². The summed E-state index contributed by atoms with van der Waals surface area (Å²) in [5.41, 5.74) is 2.99. The third-order valence-corrected chi connectivity index (χ3v) is 5.25. The second kappa shape index (κ2) is 9.85. The Balaban J connectivity index is 2.19. The van der Waals surface area contributed by atoms with Gasteiger partial charge >= 0.3 is 0 Å². The third-order valence-electron chi connectivity index (χ3n) is 5.25. The fourth-order valence-electron chi connectivity index (χ4n) is 3.74. The summed E-state index contributed by atoms with van der Waals surface area (Å²) in [5.74, 6) is -1.74. The van der Waals surface area contributed by atoms with E-state index in [2.05, 4.69) is 0 Å². The van der Waals surface area contributed by atoms with Gasteiger partial charge in [-0.2, -0.15) is 0 Å². The van der Waals surface area contributed by atoms with Gasteiger partial charge in [-0.15, -0.1) is 0 Å². The lowest BCUT2D eigenvalue weighted by atomic mass is 9.97. The van der Waals surface area contributed by atoms with Crippen LogP contribution in [0.2, 0.25) is 0 Å². The van der Waals surface area contributed by atoms with Crippen molar-refractivity contribution in [3.63, 3.8) is 0 Å². The van der Waals surface area contributed by atoms with Crippen LogP contribution < -0.4 is 4.90 Å². The molecule has 0 aromatic heterocycles. The molecule has 1 aliphatic rings. The predicted molar refractivity (Wildman–Crippen MR) is 117 cm³/mol. The molecule has 0 N–H and O–H groups in total. The molecule has 1 aliphatic heterocycles. The second-order valence-corrected chi connectivity index (χ2v) is 7.41. The van der Waals surface area contributed by atoms with Gasteiger partial charge < -0.3 is 14.4 Å². The standard InChI is InChI=1S/C24H27FN2O4/c1-16-9-10-18(17(2)15-16)21-22(26(11-13-30-3)12-14-31-4)24(29)27(23(21)28)20-8-6-5-7-19(20)25/h5-10,15H,11-14H2,1-4H3. The summed E-state index contributed by atoms with van der Waals surface area (Å²) in [5, 5.41) is 0. The molecule has 0 bridgehead atoms. The number of benzene rings is 2. The summed E-state index contributed by atoms with van der Waals surface area (Å²) >= 11 is 0. The maximum absolute atomic E-state index is 14.6. The summed E-state index contributed by atoms with van der Waals surface area (Å²) < 4.78 is 25.0. The first kappa shape index (κ1) is 22.7. The van der Waals surface area contributed by atoms with E-state index in [4.69, 9.17) is 9.47 Å². The van der Waals surface area contributed by atoms with Crippen molar-refractivity contribution in [1.29, 1.82) is 0 Å². The van der Waals surface area contributed by atoms with Crippen molar-refractivity contribution in [1.82, 2.24) is 4.90 Å². The summed E-state index contributed by atoms with van der Waals surface area (Å²) in [7, 11) is 3.14. The largest absolute Gasteiger partial charge is 0.383 e. The molecule has 0 saturated heterocycles. The summed E-state index contributed by atoms with van der Waals surface area (Å²) in [6, 6.07) is 11.5. The molecule has 2 aromatic rings. The highest BCUT2D eigenvalue weighted by molar-refractivity contribution is 6.45. The van der Waals surface area contributed by atoms with E-state index in [1.165, 1.54) is 18.2 Å². The van der Waals surface area contributed by atoms with Gasteiger partial charge in [0, 0.05) is 27.3 Å². The lowest BCUT2D eigenvalue weighted by molar-refractivity contribution is -0.120. The van der Waals surface area contributed by atoms with E-state index in [1.54, 1.807) is 25.2 Å². The average Bonchev–Trinajstić information content (AvgIpc) is 2.99. The predicted octanol–water partition coefficient (Wildman–Crippen LogP) is 3.32. The Hall–Kier alpha value is -3.03. The Morgan fingerprint density at radius 3 is 2.16 bits per heavy atom. The fraction of sp³-hybridized carbons (Fsp3) is 0.333. The second-order valence-electron chi connectivity index (χ2n) is 7.41. The monoisotopic (exact) mass is 426 g/mol. The van der Waals surface area contributed by atoms with Crippen molar-refractivity contribution < 1.29 is 23.5 Å². The Bertz CT molecular complexity index is 1010. The first-order chi connectivity index (χ1) is 14.9. The molecule has 2 aromatic carbocycles. The van der Waals surface area contributed by atoms with Crippen LogP contribution in [0, 0.1) is 19.7 Å². The number of aryl methyl sites for hydroxylation is 2. The normalized spacial score (nSPS) is 14.0. The minimum absolute atomic E-state index is 0.0619. The quantitative estimate of drug-likeness (QED) is 0.576. The van der Waals surface area contributed by atoms with Gasteiger partial charge in [-0.3, -0.25) is 9.59 Å². The molecule has 0 unspecified atom stereocenters. The van der Waals surface area contributed by atoms with Gasteiger partial charge in [-0.05, 0) is 37.1 Å². The Morgan fingerprint density at radius 2 is 1.58 bits per heavy atom. The van der Waals surface area contributed by atoms with Gasteiger partial charge in [-0.1, -0.05) is 35.9 Å². The van der Waals surface area contributed by atoms with Crippen LogP contribution >= 0.6 is 0 Å². The zero-order chi connectivity index (χ0) is 22.5. The molecule has 0 fully saturated rings. The molecule has 0 radical (unpaired) electrons. The molecule has 0 atom stereocenters. The number of hydrogen-bond acceptors (Lipinski definition) is 5. The molecule has 0 spiro atoms. The first-order valence-electron chi connectivity index (χ1n) is 10.1. The van der Waals surface area contributed by atoms with E-state index >= 15 is 0 Å². The highest BCUT2D eigenvalue weighted by Gasteiger charge is 2.43. The minimum atomic E-state index is -0.634. The first-order valence-corrected chi connectivity index (χ1v) is 10.1. The molecule has 0 aliphatic carbocycles. The van der Waals surface area contributed by atoms with Gasteiger partial charge in [0.05, 0.1) is 24.5 Å². The van der Waals surface area contributed by atoms with Gasteiger partial charge in [0.15, 0.2) is 0 Å². The molecular weight excluding hydrogens is 399 g/mol. The Kier molecular flexibility index (Phi) is 7.20. The number of anilines is 1. The van der Waals surface area contributed by atoms with Crippen molar-refractivity contribution in [2.45, 2.75) is 13.8 Å². The van der Waals surface area contributed by atoms with Crippen molar-refractivity contribution in [2.75, 3.05) is 45.4 Å². The van der Waals surface area contributed by atoms with Crippen LogP contribution in [-0.2, 0) is 19.1 Å².